The Labute approximate surface area is 127 Å². The Hall–Kier alpha value is -2.57. The number of halogens is 5. The summed E-state index contributed by atoms with van der Waals surface area (Å²) in [5.41, 5.74) is -0.821. The molecule has 1 aromatic carbocycles. The van der Waals surface area contributed by atoms with Gasteiger partial charge >= 0.3 is 18.9 Å². The molecule has 126 valence electrons. The molecule has 0 aliphatic rings. The molecule has 0 radical (unpaired) electrons. The molecule has 1 rings (SSSR count). The number of nitriles is 1. The lowest BCUT2D eigenvalue weighted by molar-refractivity contribution is -0.274. The van der Waals surface area contributed by atoms with Crippen molar-refractivity contribution in [2.75, 3.05) is 6.61 Å². The van der Waals surface area contributed by atoms with Crippen LogP contribution in [0.1, 0.15) is 18.1 Å². The first-order valence-corrected chi connectivity index (χ1v) is 6.09. The number of esters is 1. The smallest absolute Gasteiger partial charge is 0.466 e. The summed E-state index contributed by atoms with van der Waals surface area (Å²) in [7, 11) is 0. The van der Waals surface area contributed by atoms with E-state index < -0.39 is 42.4 Å². The number of hydrogen-bond donors (Lipinski definition) is 0. The normalized spacial score (nSPS) is 11.0. The second kappa shape index (κ2) is 7.62. The van der Waals surface area contributed by atoms with Gasteiger partial charge in [0.15, 0.2) is 5.75 Å². The van der Waals surface area contributed by atoms with Crippen molar-refractivity contribution in [3.63, 3.8) is 0 Å². The highest BCUT2D eigenvalue weighted by Crippen LogP contribution is 2.34. The number of nitrogens with zero attached hydrogens (tertiary/aromatic N) is 1. The van der Waals surface area contributed by atoms with Crippen molar-refractivity contribution in [2.45, 2.75) is 26.3 Å². The van der Waals surface area contributed by atoms with E-state index in [2.05, 4.69) is 14.2 Å². The lowest BCUT2D eigenvalue weighted by Crippen LogP contribution is -2.18. The van der Waals surface area contributed by atoms with Crippen molar-refractivity contribution < 1.29 is 41.0 Å². The third-order valence-electron chi connectivity index (χ3n) is 2.37. The zero-order chi connectivity index (χ0) is 17.6. The van der Waals surface area contributed by atoms with Crippen molar-refractivity contribution in [2.24, 2.45) is 0 Å². The highest BCUT2D eigenvalue weighted by atomic mass is 19.4. The van der Waals surface area contributed by atoms with E-state index >= 15 is 0 Å². The molecular weight excluding hydrogens is 329 g/mol. The Kier molecular flexibility index (Phi) is 6.12. The van der Waals surface area contributed by atoms with E-state index in [0.29, 0.717) is 6.07 Å². The SMILES string of the molecule is CCOC(=O)Cc1cc(C#N)c(OC(F)(F)F)cc1OC(F)F. The molecule has 23 heavy (non-hydrogen) atoms. The molecule has 0 saturated carbocycles. The van der Waals surface area contributed by atoms with Crippen molar-refractivity contribution >= 4 is 5.97 Å². The highest BCUT2D eigenvalue weighted by molar-refractivity contribution is 5.74. The van der Waals surface area contributed by atoms with Gasteiger partial charge in [0, 0.05) is 11.6 Å². The molecule has 1 aromatic rings. The maximum Gasteiger partial charge on any atom is 0.573 e. The fraction of sp³-hybridized carbons (Fsp3) is 0.385. The fourth-order valence-corrected chi connectivity index (χ4v) is 1.61. The van der Waals surface area contributed by atoms with Crippen molar-refractivity contribution in [3.05, 3.63) is 23.3 Å². The number of carbonyl (C=O) groups is 1. The topological polar surface area (TPSA) is 68.6 Å². The standard InChI is InChI=1S/C13H10F5NO4/c1-2-21-11(20)4-7-3-8(6-19)10(23-13(16,17)18)5-9(7)22-12(14)15/h3,5,12H,2,4H2,1H3. The van der Waals surface area contributed by atoms with E-state index in [1.807, 2.05) is 0 Å². The van der Waals surface area contributed by atoms with Gasteiger partial charge in [0.2, 0.25) is 0 Å². The van der Waals surface area contributed by atoms with E-state index in [1.165, 1.54) is 13.0 Å². The zero-order valence-corrected chi connectivity index (χ0v) is 11.6. The third kappa shape index (κ3) is 5.98. The summed E-state index contributed by atoms with van der Waals surface area (Å²) < 4.78 is 73.8. The van der Waals surface area contributed by atoms with Crippen LogP contribution in [0.2, 0.25) is 0 Å². The van der Waals surface area contributed by atoms with Crippen LogP contribution in [-0.4, -0.2) is 25.6 Å². The Morgan fingerprint density at radius 3 is 2.43 bits per heavy atom. The number of ether oxygens (including phenoxy) is 3. The van der Waals surface area contributed by atoms with E-state index in [9.17, 15) is 26.7 Å². The van der Waals surface area contributed by atoms with Gasteiger partial charge in [-0.15, -0.1) is 13.2 Å². The first-order valence-electron chi connectivity index (χ1n) is 6.09. The number of carbonyl (C=O) groups excluding carboxylic acids is 1. The van der Waals surface area contributed by atoms with Gasteiger partial charge in [-0.3, -0.25) is 4.79 Å². The molecule has 0 bridgehead atoms. The van der Waals surface area contributed by atoms with Gasteiger partial charge in [-0.25, -0.2) is 0 Å². The van der Waals surface area contributed by atoms with Crippen molar-refractivity contribution in [3.8, 4) is 17.6 Å². The van der Waals surface area contributed by atoms with Crippen LogP contribution in [0.4, 0.5) is 22.0 Å². The van der Waals surface area contributed by atoms with Crippen molar-refractivity contribution in [1.82, 2.24) is 0 Å². The first kappa shape index (κ1) is 18.5. The number of hydrogen-bond acceptors (Lipinski definition) is 5. The van der Waals surface area contributed by atoms with Gasteiger partial charge < -0.3 is 14.2 Å². The molecule has 0 N–H and O–H groups in total. The molecule has 5 nitrogen and oxygen atoms in total. The van der Waals surface area contributed by atoms with Crippen LogP contribution in [0.15, 0.2) is 12.1 Å². The summed E-state index contributed by atoms with van der Waals surface area (Å²) in [5.74, 6) is -2.55. The molecule has 0 saturated heterocycles. The zero-order valence-electron chi connectivity index (χ0n) is 11.6. The fourth-order valence-electron chi connectivity index (χ4n) is 1.61. The quantitative estimate of drug-likeness (QED) is 0.588. The van der Waals surface area contributed by atoms with E-state index in [4.69, 9.17) is 5.26 Å². The average molecular weight is 339 g/mol. The van der Waals surface area contributed by atoms with Crippen LogP contribution in [-0.2, 0) is 16.0 Å². The predicted octanol–water partition coefficient (Wildman–Crippen LogP) is 3.16. The van der Waals surface area contributed by atoms with E-state index in [-0.39, 0.29) is 12.2 Å². The van der Waals surface area contributed by atoms with Gasteiger partial charge in [0.1, 0.15) is 11.8 Å². The van der Waals surface area contributed by atoms with E-state index in [1.54, 1.807) is 0 Å². The van der Waals surface area contributed by atoms with Crippen LogP contribution in [0.3, 0.4) is 0 Å². The molecular formula is C13H10F5NO4. The number of benzene rings is 1. The summed E-state index contributed by atoms with van der Waals surface area (Å²) in [5, 5.41) is 8.85. The number of alkyl halides is 5. The van der Waals surface area contributed by atoms with Crippen molar-refractivity contribution in [1.29, 1.82) is 5.26 Å². The van der Waals surface area contributed by atoms with Crippen LogP contribution in [0, 0.1) is 11.3 Å². The Morgan fingerprint density at radius 1 is 1.30 bits per heavy atom. The van der Waals surface area contributed by atoms with Crippen LogP contribution in [0.25, 0.3) is 0 Å². The molecule has 0 aromatic heterocycles. The van der Waals surface area contributed by atoms with Crippen LogP contribution < -0.4 is 9.47 Å². The van der Waals surface area contributed by atoms with Gasteiger partial charge in [-0.05, 0) is 13.0 Å². The minimum atomic E-state index is -5.13. The molecule has 10 heteroatoms. The maximum atomic E-state index is 12.4. The van der Waals surface area contributed by atoms with Gasteiger partial charge in [0.25, 0.3) is 0 Å². The molecule has 0 heterocycles. The summed E-state index contributed by atoms with van der Waals surface area (Å²) in [6, 6.07) is 2.70. The van der Waals surface area contributed by atoms with E-state index in [0.717, 1.165) is 6.07 Å². The largest absolute Gasteiger partial charge is 0.573 e. The van der Waals surface area contributed by atoms with Crippen LogP contribution >= 0.6 is 0 Å². The van der Waals surface area contributed by atoms with Gasteiger partial charge in [-0.2, -0.15) is 14.0 Å². The second-order valence-corrected chi connectivity index (χ2v) is 3.98. The minimum absolute atomic E-state index is 0.0181. The first-order chi connectivity index (χ1) is 10.7. The molecule has 0 aliphatic carbocycles. The molecule has 0 spiro atoms. The molecule has 0 unspecified atom stereocenters. The summed E-state index contributed by atoms with van der Waals surface area (Å²) in [6.45, 7) is -1.82. The average Bonchev–Trinajstić information content (AvgIpc) is 2.39. The third-order valence-corrected chi connectivity index (χ3v) is 2.37. The second-order valence-electron chi connectivity index (χ2n) is 3.98. The lowest BCUT2D eigenvalue weighted by Gasteiger charge is -2.15. The highest BCUT2D eigenvalue weighted by Gasteiger charge is 2.33. The molecule has 0 amide bonds. The monoisotopic (exact) mass is 339 g/mol. The predicted molar refractivity (Wildman–Crippen MR) is 64.8 cm³/mol. The Morgan fingerprint density at radius 2 is 1.96 bits per heavy atom. The van der Waals surface area contributed by atoms with Crippen LogP contribution in [0.5, 0.6) is 11.5 Å². The maximum absolute atomic E-state index is 12.4. The summed E-state index contributed by atoms with van der Waals surface area (Å²) in [6.07, 6.45) is -5.69. The minimum Gasteiger partial charge on any atom is -0.466 e. The number of rotatable bonds is 6. The molecule has 0 aliphatic heterocycles. The van der Waals surface area contributed by atoms with Gasteiger partial charge in [0.05, 0.1) is 18.6 Å². The summed E-state index contributed by atoms with van der Waals surface area (Å²) >= 11 is 0. The van der Waals surface area contributed by atoms with Gasteiger partial charge in [-0.1, -0.05) is 0 Å². The summed E-state index contributed by atoms with van der Waals surface area (Å²) in [4.78, 5) is 11.4. The molecule has 0 atom stereocenters. The lowest BCUT2D eigenvalue weighted by atomic mass is 10.1. The Bertz CT molecular complexity index is 610. The molecule has 0 fully saturated rings. The Balaban J connectivity index is 3.27.